The third kappa shape index (κ3) is 3.85. The van der Waals surface area contributed by atoms with Crippen molar-refractivity contribution in [1.29, 1.82) is 5.41 Å². The first-order valence-corrected chi connectivity index (χ1v) is 7.66. The predicted molar refractivity (Wildman–Crippen MR) is 85.9 cm³/mol. The maximum absolute atomic E-state index is 7.45. The second kappa shape index (κ2) is 6.26. The molecule has 2 aromatic carbocycles. The summed E-state index contributed by atoms with van der Waals surface area (Å²) in [6.45, 7) is 2.10. The van der Waals surface area contributed by atoms with Crippen LogP contribution in [0, 0.1) is 12.3 Å². The van der Waals surface area contributed by atoms with Crippen LogP contribution in [-0.2, 0) is 5.75 Å². The van der Waals surface area contributed by atoms with Gasteiger partial charge in [0.25, 0.3) is 0 Å². The smallest absolute Gasteiger partial charge is 0.123 e. The molecule has 0 heterocycles. The lowest BCUT2D eigenvalue weighted by Crippen LogP contribution is -2.11. The van der Waals surface area contributed by atoms with Crippen LogP contribution < -0.4 is 5.73 Å². The molecule has 0 saturated carbocycles. The van der Waals surface area contributed by atoms with E-state index in [0.29, 0.717) is 0 Å². The van der Waals surface area contributed by atoms with Gasteiger partial charge in [-0.25, -0.2) is 0 Å². The van der Waals surface area contributed by atoms with Crippen molar-refractivity contribution in [2.24, 2.45) is 5.73 Å². The average Bonchev–Trinajstić information content (AvgIpc) is 2.36. The van der Waals surface area contributed by atoms with E-state index in [2.05, 4.69) is 47.1 Å². The van der Waals surface area contributed by atoms with E-state index in [9.17, 15) is 0 Å². The number of nitrogen functional groups attached to an aromatic ring is 1. The molecule has 2 nitrogen and oxygen atoms in total. The normalized spacial score (nSPS) is 10.4. The molecule has 0 aliphatic heterocycles. The highest BCUT2D eigenvalue weighted by Crippen LogP contribution is 2.27. The van der Waals surface area contributed by atoms with Crippen molar-refractivity contribution in [2.45, 2.75) is 17.6 Å². The Morgan fingerprint density at radius 2 is 2.05 bits per heavy atom. The lowest BCUT2D eigenvalue weighted by Gasteiger charge is -2.06. The van der Waals surface area contributed by atoms with Crippen molar-refractivity contribution in [2.75, 3.05) is 0 Å². The van der Waals surface area contributed by atoms with Crippen LogP contribution in [0.25, 0.3) is 0 Å². The second-order valence-electron chi connectivity index (χ2n) is 4.33. The van der Waals surface area contributed by atoms with Gasteiger partial charge in [0.15, 0.2) is 0 Å². The van der Waals surface area contributed by atoms with Gasteiger partial charge in [-0.15, -0.1) is 11.8 Å². The van der Waals surface area contributed by atoms with Crippen LogP contribution in [0.5, 0.6) is 0 Å². The predicted octanol–water partition coefficient (Wildman–Crippen LogP) is 4.33. The topological polar surface area (TPSA) is 49.9 Å². The van der Waals surface area contributed by atoms with Crippen molar-refractivity contribution in [3.05, 3.63) is 63.6 Å². The quantitative estimate of drug-likeness (QED) is 0.496. The van der Waals surface area contributed by atoms with E-state index in [1.54, 1.807) is 11.8 Å². The molecule has 0 amide bonds. The minimum absolute atomic E-state index is 0.0853. The molecule has 0 spiro atoms. The highest BCUT2D eigenvalue weighted by Gasteiger charge is 2.04. The zero-order valence-corrected chi connectivity index (χ0v) is 13.0. The summed E-state index contributed by atoms with van der Waals surface area (Å²) >= 11 is 5.23. The van der Waals surface area contributed by atoms with Crippen LogP contribution in [0.1, 0.15) is 16.7 Å². The Hall–Kier alpha value is -1.26. The summed E-state index contributed by atoms with van der Waals surface area (Å²) in [5.41, 5.74) is 8.83. The summed E-state index contributed by atoms with van der Waals surface area (Å²) in [6.07, 6.45) is 0. The molecule has 3 N–H and O–H groups in total. The second-order valence-corrected chi connectivity index (χ2v) is 6.24. The van der Waals surface area contributed by atoms with Gasteiger partial charge >= 0.3 is 0 Å². The molecule has 0 unspecified atom stereocenters. The van der Waals surface area contributed by atoms with Gasteiger partial charge in [-0.3, -0.25) is 5.41 Å². The van der Waals surface area contributed by atoms with Crippen molar-refractivity contribution in [3.8, 4) is 0 Å². The first-order chi connectivity index (χ1) is 9.06. The van der Waals surface area contributed by atoms with Gasteiger partial charge in [-0.1, -0.05) is 29.8 Å². The Kier molecular flexibility index (Phi) is 4.66. The molecular weight excluding hydrogens is 320 g/mol. The summed E-state index contributed by atoms with van der Waals surface area (Å²) in [5, 5.41) is 7.45. The van der Waals surface area contributed by atoms with Crippen molar-refractivity contribution >= 4 is 33.5 Å². The number of benzene rings is 2. The van der Waals surface area contributed by atoms with Crippen molar-refractivity contribution in [3.63, 3.8) is 0 Å². The Morgan fingerprint density at radius 1 is 1.26 bits per heavy atom. The zero-order valence-electron chi connectivity index (χ0n) is 10.6. The van der Waals surface area contributed by atoms with Gasteiger partial charge in [-0.05, 0) is 46.6 Å². The molecule has 0 fully saturated rings. The van der Waals surface area contributed by atoms with Crippen molar-refractivity contribution in [1.82, 2.24) is 0 Å². The van der Waals surface area contributed by atoms with Gasteiger partial charge in [0.05, 0.1) is 0 Å². The van der Waals surface area contributed by atoms with Crippen LogP contribution in [0.4, 0.5) is 0 Å². The lowest BCUT2D eigenvalue weighted by molar-refractivity contribution is 1.33. The Balaban J connectivity index is 2.08. The molecule has 0 aliphatic rings. The SMILES string of the molecule is Cc1cccc(CSc2ccc(C(=N)N)c(Br)c2)c1. The van der Waals surface area contributed by atoms with E-state index in [-0.39, 0.29) is 5.84 Å². The van der Waals surface area contributed by atoms with Crippen LogP contribution >= 0.6 is 27.7 Å². The zero-order chi connectivity index (χ0) is 13.8. The largest absolute Gasteiger partial charge is 0.384 e. The van der Waals surface area contributed by atoms with E-state index in [4.69, 9.17) is 11.1 Å². The number of nitrogens with two attached hydrogens (primary N) is 1. The standard InChI is InChI=1S/C15H15BrN2S/c1-10-3-2-4-11(7-10)9-19-12-5-6-13(15(17)18)14(16)8-12/h2-8H,9H2,1H3,(H3,17,18). The molecular formula is C15H15BrN2S. The van der Waals surface area contributed by atoms with E-state index < -0.39 is 0 Å². The number of halogens is 1. The maximum atomic E-state index is 7.45. The number of hydrogen-bond acceptors (Lipinski definition) is 2. The van der Waals surface area contributed by atoms with E-state index >= 15 is 0 Å². The molecule has 0 aliphatic carbocycles. The summed E-state index contributed by atoms with van der Waals surface area (Å²) in [5.74, 6) is 1.02. The van der Waals surface area contributed by atoms with E-state index in [1.165, 1.54) is 16.0 Å². The molecule has 2 rings (SSSR count). The minimum atomic E-state index is 0.0853. The maximum Gasteiger partial charge on any atom is 0.123 e. The highest BCUT2D eigenvalue weighted by molar-refractivity contribution is 9.10. The summed E-state index contributed by atoms with van der Waals surface area (Å²) < 4.78 is 0.870. The van der Waals surface area contributed by atoms with Gasteiger partial charge < -0.3 is 5.73 Å². The van der Waals surface area contributed by atoms with E-state index in [0.717, 1.165) is 15.8 Å². The summed E-state index contributed by atoms with van der Waals surface area (Å²) in [7, 11) is 0. The van der Waals surface area contributed by atoms with Crippen molar-refractivity contribution < 1.29 is 0 Å². The molecule has 19 heavy (non-hydrogen) atoms. The van der Waals surface area contributed by atoms with Crippen LogP contribution in [0.2, 0.25) is 0 Å². The number of hydrogen-bond donors (Lipinski definition) is 2. The first kappa shape index (κ1) is 14.2. The summed E-state index contributed by atoms with van der Waals surface area (Å²) in [4.78, 5) is 1.17. The van der Waals surface area contributed by atoms with Gasteiger partial charge in [0.1, 0.15) is 5.84 Å². The molecule has 0 radical (unpaired) electrons. The van der Waals surface area contributed by atoms with E-state index in [1.807, 2.05) is 18.2 Å². The van der Waals surface area contributed by atoms with Crippen LogP contribution in [0.3, 0.4) is 0 Å². The van der Waals surface area contributed by atoms with Gasteiger partial charge in [0, 0.05) is 20.7 Å². The number of amidine groups is 1. The highest BCUT2D eigenvalue weighted by atomic mass is 79.9. The lowest BCUT2D eigenvalue weighted by atomic mass is 10.2. The average molecular weight is 335 g/mol. The Labute approximate surface area is 126 Å². The minimum Gasteiger partial charge on any atom is -0.384 e. The number of aryl methyl sites for hydroxylation is 1. The molecule has 0 aromatic heterocycles. The fourth-order valence-electron chi connectivity index (χ4n) is 1.77. The molecule has 0 saturated heterocycles. The summed E-state index contributed by atoms with van der Waals surface area (Å²) in [6, 6.07) is 14.4. The number of thioether (sulfide) groups is 1. The van der Waals surface area contributed by atoms with Gasteiger partial charge in [-0.2, -0.15) is 0 Å². The Bertz CT molecular complexity index is 611. The molecule has 0 bridgehead atoms. The first-order valence-electron chi connectivity index (χ1n) is 5.88. The molecule has 98 valence electrons. The van der Waals surface area contributed by atoms with Gasteiger partial charge in [0.2, 0.25) is 0 Å². The number of nitrogens with one attached hydrogen (secondary N) is 1. The molecule has 0 atom stereocenters. The monoisotopic (exact) mass is 334 g/mol. The van der Waals surface area contributed by atoms with Crippen LogP contribution in [-0.4, -0.2) is 5.84 Å². The third-order valence-corrected chi connectivity index (χ3v) is 4.44. The molecule has 4 heteroatoms. The third-order valence-electron chi connectivity index (χ3n) is 2.72. The van der Waals surface area contributed by atoms with Crippen LogP contribution in [0.15, 0.2) is 51.8 Å². The molecule has 2 aromatic rings. The fourth-order valence-corrected chi connectivity index (χ4v) is 3.39. The number of rotatable bonds is 4. The Morgan fingerprint density at radius 3 is 2.68 bits per heavy atom. The fraction of sp³-hybridized carbons (Fsp3) is 0.133.